The third kappa shape index (κ3) is 1.93. The molecule has 2 aromatic rings. The van der Waals surface area contributed by atoms with Gasteiger partial charge in [0.05, 0.1) is 5.52 Å². The maximum atomic E-state index is 11.5. The fourth-order valence-corrected chi connectivity index (χ4v) is 1.56. The number of para-hydroxylation sites is 2. The van der Waals surface area contributed by atoms with E-state index in [4.69, 9.17) is 10.3 Å². The average molecular weight is 207 g/mol. The van der Waals surface area contributed by atoms with Crippen LogP contribution in [0.3, 0.4) is 0 Å². The van der Waals surface area contributed by atoms with Crippen LogP contribution in [0.15, 0.2) is 33.5 Å². The average Bonchev–Trinajstić information content (AvgIpc) is 2.56. The van der Waals surface area contributed by atoms with Gasteiger partial charge in [-0.25, -0.2) is 4.79 Å². The molecule has 0 aliphatic carbocycles. The molecule has 0 fully saturated rings. The number of hydrazine groups is 1. The van der Waals surface area contributed by atoms with Gasteiger partial charge in [-0.3, -0.25) is 15.8 Å². The van der Waals surface area contributed by atoms with E-state index in [2.05, 4.69) is 5.43 Å². The first-order valence-corrected chi connectivity index (χ1v) is 4.85. The maximum Gasteiger partial charge on any atom is 0.419 e. The molecule has 2 rings (SSSR count). The lowest BCUT2D eigenvalue weighted by atomic mass is 10.3. The highest BCUT2D eigenvalue weighted by atomic mass is 16.4. The topological polar surface area (TPSA) is 73.2 Å². The zero-order valence-electron chi connectivity index (χ0n) is 8.27. The normalized spacial score (nSPS) is 11.0. The van der Waals surface area contributed by atoms with E-state index < -0.39 is 0 Å². The van der Waals surface area contributed by atoms with Crippen molar-refractivity contribution in [1.82, 2.24) is 9.99 Å². The van der Waals surface area contributed by atoms with E-state index in [-0.39, 0.29) is 5.76 Å². The van der Waals surface area contributed by atoms with Crippen molar-refractivity contribution in [2.24, 2.45) is 5.84 Å². The summed E-state index contributed by atoms with van der Waals surface area (Å²) < 4.78 is 6.70. The van der Waals surface area contributed by atoms with Crippen molar-refractivity contribution in [3.63, 3.8) is 0 Å². The maximum absolute atomic E-state index is 11.5. The summed E-state index contributed by atoms with van der Waals surface area (Å²) in [4.78, 5) is 11.5. The second-order valence-corrected chi connectivity index (χ2v) is 3.30. The molecule has 3 N–H and O–H groups in total. The zero-order chi connectivity index (χ0) is 10.7. The molecule has 80 valence electrons. The number of aromatic nitrogens is 1. The molecule has 0 aliphatic rings. The highest BCUT2D eigenvalue weighted by Crippen LogP contribution is 2.11. The van der Waals surface area contributed by atoms with Crippen molar-refractivity contribution in [2.45, 2.75) is 13.0 Å². The monoisotopic (exact) mass is 207 g/mol. The van der Waals surface area contributed by atoms with Crippen LogP contribution in [-0.4, -0.2) is 11.1 Å². The van der Waals surface area contributed by atoms with Crippen LogP contribution in [-0.2, 0) is 6.54 Å². The van der Waals surface area contributed by atoms with Crippen LogP contribution in [0.2, 0.25) is 0 Å². The number of nitrogens with two attached hydrogens (primary N) is 1. The van der Waals surface area contributed by atoms with E-state index in [1.807, 2.05) is 18.2 Å². The minimum atomic E-state index is -0.312. The summed E-state index contributed by atoms with van der Waals surface area (Å²) in [7, 11) is 0. The number of nitrogens with zero attached hydrogens (tertiary/aromatic N) is 1. The predicted molar refractivity (Wildman–Crippen MR) is 57.3 cm³/mol. The summed E-state index contributed by atoms with van der Waals surface area (Å²) >= 11 is 0. The first kappa shape index (κ1) is 9.95. The lowest BCUT2D eigenvalue weighted by molar-refractivity contribution is 0.492. The van der Waals surface area contributed by atoms with Gasteiger partial charge in [-0.2, -0.15) is 0 Å². The van der Waals surface area contributed by atoms with Crippen LogP contribution in [0, 0.1) is 0 Å². The molecule has 1 aromatic carbocycles. The van der Waals surface area contributed by atoms with E-state index in [1.165, 1.54) is 0 Å². The molecule has 0 radical (unpaired) electrons. The molecule has 0 atom stereocenters. The molecule has 1 heterocycles. The smallest absolute Gasteiger partial charge is 0.408 e. The van der Waals surface area contributed by atoms with Gasteiger partial charge in [0.1, 0.15) is 0 Å². The molecule has 0 unspecified atom stereocenters. The van der Waals surface area contributed by atoms with Gasteiger partial charge < -0.3 is 4.42 Å². The minimum absolute atomic E-state index is 0.312. The quantitative estimate of drug-likeness (QED) is 0.433. The van der Waals surface area contributed by atoms with Crippen molar-refractivity contribution in [3.05, 3.63) is 34.8 Å². The van der Waals surface area contributed by atoms with Crippen molar-refractivity contribution >= 4 is 11.1 Å². The molecule has 5 nitrogen and oxygen atoms in total. The Morgan fingerprint density at radius 2 is 2.20 bits per heavy atom. The summed E-state index contributed by atoms with van der Waals surface area (Å²) in [5, 5.41) is 0. The Kier molecular flexibility index (Phi) is 2.84. The molecule has 0 amide bonds. The van der Waals surface area contributed by atoms with Gasteiger partial charge in [0.2, 0.25) is 0 Å². The lowest BCUT2D eigenvalue weighted by Crippen LogP contribution is -2.25. The number of hydrogen-bond donors (Lipinski definition) is 2. The SMILES string of the molecule is NNCCCn1c(=O)oc2ccccc21. The highest BCUT2D eigenvalue weighted by Gasteiger charge is 2.06. The Morgan fingerprint density at radius 1 is 1.40 bits per heavy atom. The van der Waals surface area contributed by atoms with Gasteiger partial charge in [-0.05, 0) is 18.6 Å². The Morgan fingerprint density at radius 3 is 3.00 bits per heavy atom. The second-order valence-electron chi connectivity index (χ2n) is 3.30. The van der Waals surface area contributed by atoms with Crippen LogP contribution >= 0.6 is 0 Å². The van der Waals surface area contributed by atoms with Crippen LogP contribution in [0.1, 0.15) is 6.42 Å². The minimum Gasteiger partial charge on any atom is -0.408 e. The van der Waals surface area contributed by atoms with Gasteiger partial charge in [-0.1, -0.05) is 12.1 Å². The van der Waals surface area contributed by atoms with Crippen LogP contribution in [0.4, 0.5) is 0 Å². The van der Waals surface area contributed by atoms with Crippen LogP contribution in [0.5, 0.6) is 0 Å². The number of fused-ring (bicyclic) bond motifs is 1. The fourth-order valence-electron chi connectivity index (χ4n) is 1.56. The van der Waals surface area contributed by atoms with Crippen LogP contribution in [0.25, 0.3) is 11.1 Å². The van der Waals surface area contributed by atoms with Crippen molar-refractivity contribution in [3.8, 4) is 0 Å². The number of nitrogens with one attached hydrogen (secondary N) is 1. The standard InChI is InChI=1S/C10H13N3O2/c11-12-6-3-7-13-8-4-1-2-5-9(8)15-10(13)14/h1-2,4-5,12H,3,6-7,11H2. The summed E-state index contributed by atoms with van der Waals surface area (Å²) in [5.41, 5.74) is 4.01. The molecular formula is C10H13N3O2. The van der Waals surface area contributed by atoms with Gasteiger partial charge in [-0.15, -0.1) is 0 Å². The summed E-state index contributed by atoms with van der Waals surface area (Å²) in [5.74, 6) is 4.85. The van der Waals surface area contributed by atoms with Gasteiger partial charge in [0, 0.05) is 13.1 Å². The molecule has 1 aromatic heterocycles. The summed E-state index contributed by atoms with van der Waals surface area (Å²) in [6.07, 6.45) is 0.792. The molecule has 0 spiro atoms. The Bertz CT molecular complexity index is 501. The molecule has 0 bridgehead atoms. The van der Waals surface area contributed by atoms with Crippen molar-refractivity contribution in [1.29, 1.82) is 0 Å². The van der Waals surface area contributed by atoms with Crippen molar-refractivity contribution in [2.75, 3.05) is 6.54 Å². The predicted octanol–water partition coefficient (Wildman–Crippen LogP) is 0.448. The van der Waals surface area contributed by atoms with E-state index in [9.17, 15) is 4.79 Å². The number of benzene rings is 1. The first-order chi connectivity index (χ1) is 7.33. The third-order valence-corrected chi connectivity index (χ3v) is 2.28. The largest absolute Gasteiger partial charge is 0.419 e. The Balaban J connectivity index is 2.33. The molecule has 15 heavy (non-hydrogen) atoms. The molecule has 0 aliphatic heterocycles. The summed E-state index contributed by atoms with van der Waals surface area (Å²) in [6, 6.07) is 7.39. The second kappa shape index (κ2) is 4.29. The Labute approximate surface area is 86.5 Å². The fraction of sp³-hybridized carbons (Fsp3) is 0.300. The lowest BCUT2D eigenvalue weighted by Gasteiger charge is -2.00. The van der Waals surface area contributed by atoms with Gasteiger partial charge in [0.15, 0.2) is 5.58 Å². The zero-order valence-corrected chi connectivity index (χ0v) is 8.27. The summed E-state index contributed by atoms with van der Waals surface area (Å²) in [6.45, 7) is 1.28. The van der Waals surface area contributed by atoms with Crippen molar-refractivity contribution < 1.29 is 4.42 Å². The van der Waals surface area contributed by atoms with Crippen LogP contribution < -0.4 is 17.0 Å². The highest BCUT2D eigenvalue weighted by molar-refractivity contribution is 5.72. The number of rotatable bonds is 4. The Hall–Kier alpha value is -1.59. The molecule has 0 saturated carbocycles. The first-order valence-electron chi connectivity index (χ1n) is 4.85. The molecular weight excluding hydrogens is 194 g/mol. The van der Waals surface area contributed by atoms with E-state index in [0.717, 1.165) is 11.9 Å². The molecule has 0 saturated heterocycles. The van der Waals surface area contributed by atoms with E-state index >= 15 is 0 Å². The van der Waals surface area contributed by atoms with Gasteiger partial charge >= 0.3 is 5.76 Å². The molecule has 5 heteroatoms. The van der Waals surface area contributed by atoms with Gasteiger partial charge in [0.25, 0.3) is 0 Å². The third-order valence-electron chi connectivity index (χ3n) is 2.28. The number of hydrogen-bond acceptors (Lipinski definition) is 4. The van der Waals surface area contributed by atoms with E-state index in [0.29, 0.717) is 18.7 Å². The number of aryl methyl sites for hydroxylation is 1. The number of oxazole rings is 1. The van der Waals surface area contributed by atoms with E-state index in [1.54, 1.807) is 10.6 Å².